The Hall–Kier alpha value is -3.12. The fraction of sp³-hybridized carbons (Fsp3) is 0.174. The van der Waals surface area contributed by atoms with Gasteiger partial charge < -0.3 is 5.32 Å². The SMILES string of the molecule is CS(=O)(=O)N1CCCc2ccc(NC(=O)c3ccc(-c4ccccc4)cc3)cc21. The minimum absolute atomic E-state index is 0.230. The predicted molar refractivity (Wildman–Crippen MR) is 117 cm³/mol. The van der Waals surface area contributed by atoms with Gasteiger partial charge in [-0.3, -0.25) is 9.10 Å². The molecule has 3 aromatic carbocycles. The largest absolute Gasteiger partial charge is 0.322 e. The molecule has 0 aromatic heterocycles. The third-order valence-corrected chi connectivity index (χ3v) is 6.25. The Balaban J connectivity index is 1.55. The summed E-state index contributed by atoms with van der Waals surface area (Å²) in [5.41, 5.74) is 4.89. The highest BCUT2D eigenvalue weighted by atomic mass is 32.2. The zero-order chi connectivity index (χ0) is 20.4. The van der Waals surface area contributed by atoms with Gasteiger partial charge in [0.15, 0.2) is 0 Å². The zero-order valence-electron chi connectivity index (χ0n) is 16.1. The molecule has 0 saturated heterocycles. The molecule has 0 aliphatic carbocycles. The second-order valence-electron chi connectivity index (χ2n) is 7.18. The predicted octanol–water partition coefficient (Wildman–Crippen LogP) is 4.32. The molecular formula is C23H22N2O3S. The Morgan fingerprint density at radius 3 is 2.31 bits per heavy atom. The van der Waals surface area contributed by atoms with Crippen LogP contribution in [-0.4, -0.2) is 27.1 Å². The van der Waals surface area contributed by atoms with Gasteiger partial charge in [-0.25, -0.2) is 8.42 Å². The van der Waals surface area contributed by atoms with E-state index in [0.717, 1.165) is 29.5 Å². The molecule has 0 bridgehead atoms. The topological polar surface area (TPSA) is 66.5 Å². The lowest BCUT2D eigenvalue weighted by Gasteiger charge is -2.29. The van der Waals surface area contributed by atoms with Crippen LogP contribution in [0.15, 0.2) is 72.8 Å². The van der Waals surface area contributed by atoms with Gasteiger partial charge in [0.25, 0.3) is 5.91 Å². The van der Waals surface area contributed by atoms with Crippen molar-refractivity contribution in [2.45, 2.75) is 12.8 Å². The number of sulfonamides is 1. The van der Waals surface area contributed by atoms with Gasteiger partial charge in [-0.05, 0) is 53.8 Å². The molecule has 3 aromatic rings. The molecule has 0 unspecified atom stereocenters. The van der Waals surface area contributed by atoms with Gasteiger partial charge in [-0.15, -0.1) is 0 Å². The van der Waals surface area contributed by atoms with E-state index in [9.17, 15) is 13.2 Å². The molecule has 6 heteroatoms. The Morgan fingerprint density at radius 1 is 0.931 bits per heavy atom. The lowest BCUT2D eigenvalue weighted by Crippen LogP contribution is -2.34. The van der Waals surface area contributed by atoms with Crippen molar-refractivity contribution in [3.8, 4) is 11.1 Å². The number of anilines is 2. The molecule has 0 fully saturated rings. The highest BCUT2D eigenvalue weighted by molar-refractivity contribution is 7.92. The van der Waals surface area contributed by atoms with E-state index in [2.05, 4.69) is 5.32 Å². The van der Waals surface area contributed by atoms with Crippen LogP contribution in [0.3, 0.4) is 0 Å². The van der Waals surface area contributed by atoms with E-state index in [-0.39, 0.29) is 5.91 Å². The Morgan fingerprint density at radius 2 is 1.62 bits per heavy atom. The zero-order valence-corrected chi connectivity index (χ0v) is 16.9. The summed E-state index contributed by atoms with van der Waals surface area (Å²) in [7, 11) is -3.35. The summed E-state index contributed by atoms with van der Waals surface area (Å²) in [6, 6.07) is 22.8. The Bertz CT molecular complexity index is 1140. The fourth-order valence-electron chi connectivity index (χ4n) is 3.61. The number of hydrogen-bond acceptors (Lipinski definition) is 3. The standard InChI is InChI=1S/C23H22N2O3S/c1-29(27,28)25-15-5-8-19-13-14-21(16-22(19)25)24-23(26)20-11-9-18(10-12-20)17-6-3-2-4-7-17/h2-4,6-7,9-14,16H,5,8,15H2,1H3,(H,24,26). The maximum atomic E-state index is 12.7. The van der Waals surface area contributed by atoms with Crippen LogP contribution in [0.1, 0.15) is 22.3 Å². The Labute approximate surface area is 171 Å². The molecule has 0 radical (unpaired) electrons. The monoisotopic (exact) mass is 406 g/mol. The van der Waals surface area contributed by atoms with Gasteiger partial charge in [0.05, 0.1) is 11.9 Å². The molecule has 29 heavy (non-hydrogen) atoms. The summed E-state index contributed by atoms with van der Waals surface area (Å²) in [4.78, 5) is 12.7. The second-order valence-corrected chi connectivity index (χ2v) is 9.09. The maximum absolute atomic E-state index is 12.7. The smallest absolute Gasteiger partial charge is 0.255 e. The number of benzene rings is 3. The minimum Gasteiger partial charge on any atom is -0.322 e. The van der Waals surface area contributed by atoms with E-state index in [1.807, 2.05) is 54.6 Å². The highest BCUT2D eigenvalue weighted by Gasteiger charge is 2.24. The summed E-state index contributed by atoms with van der Waals surface area (Å²) in [5, 5.41) is 2.88. The van der Waals surface area contributed by atoms with Gasteiger partial charge in [0.1, 0.15) is 0 Å². The average molecular weight is 407 g/mol. The van der Waals surface area contributed by atoms with Crippen molar-refractivity contribution in [3.63, 3.8) is 0 Å². The van der Waals surface area contributed by atoms with Crippen LogP contribution in [0.4, 0.5) is 11.4 Å². The summed E-state index contributed by atoms with van der Waals surface area (Å²) in [6.07, 6.45) is 2.83. The van der Waals surface area contributed by atoms with Crippen molar-refractivity contribution in [2.75, 3.05) is 22.4 Å². The van der Waals surface area contributed by atoms with Crippen LogP contribution in [0.2, 0.25) is 0 Å². The third kappa shape index (κ3) is 4.17. The van der Waals surface area contributed by atoms with Crippen molar-refractivity contribution in [2.24, 2.45) is 0 Å². The van der Waals surface area contributed by atoms with Crippen LogP contribution >= 0.6 is 0 Å². The first-order valence-electron chi connectivity index (χ1n) is 9.49. The number of nitrogens with zero attached hydrogens (tertiary/aromatic N) is 1. The molecule has 1 aliphatic rings. The number of aryl methyl sites for hydroxylation is 1. The van der Waals surface area contributed by atoms with Gasteiger partial charge in [0.2, 0.25) is 10.0 Å². The number of carbonyl (C=O) groups is 1. The minimum atomic E-state index is -3.35. The lowest BCUT2D eigenvalue weighted by molar-refractivity contribution is 0.102. The summed E-state index contributed by atoms with van der Waals surface area (Å²) in [5.74, 6) is -0.230. The van der Waals surface area contributed by atoms with Crippen molar-refractivity contribution in [1.82, 2.24) is 0 Å². The van der Waals surface area contributed by atoms with Crippen molar-refractivity contribution in [3.05, 3.63) is 83.9 Å². The third-order valence-electron chi connectivity index (χ3n) is 5.07. The molecule has 148 valence electrons. The first-order valence-corrected chi connectivity index (χ1v) is 11.3. The van der Waals surface area contributed by atoms with Crippen molar-refractivity contribution in [1.29, 1.82) is 0 Å². The normalized spacial score (nSPS) is 13.6. The molecule has 1 amide bonds. The van der Waals surface area contributed by atoms with E-state index in [0.29, 0.717) is 23.5 Å². The van der Waals surface area contributed by atoms with Gasteiger partial charge >= 0.3 is 0 Å². The molecule has 4 rings (SSSR count). The lowest BCUT2D eigenvalue weighted by atomic mass is 10.0. The Kier molecular flexibility index (Phi) is 5.11. The van der Waals surface area contributed by atoms with Crippen molar-refractivity contribution >= 4 is 27.3 Å². The van der Waals surface area contributed by atoms with E-state index >= 15 is 0 Å². The first-order chi connectivity index (χ1) is 13.9. The number of fused-ring (bicyclic) bond motifs is 1. The van der Waals surface area contributed by atoms with Crippen LogP contribution in [0, 0.1) is 0 Å². The van der Waals surface area contributed by atoms with Gasteiger partial charge in [0, 0.05) is 17.8 Å². The summed E-state index contributed by atoms with van der Waals surface area (Å²) < 4.78 is 25.6. The number of nitrogens with one attached hydrogen (secondary N) is 1. The quantitative estimate of drug-likeness (QED) is 0.702. The van der Waals surface area contributed by atoms with Gasteiger partial charge in [-0.2, -0.15) is 0 Å². The summed E-state index contributed by atoms with van der Waals surface area (Å²) >= 11 is 0. The van der Waals surface area contributed by atoms with E-state index in [1.54, 1.807) is 18.2 Å². The highest BCUT2D eigenvalue weighted by Crippen LogP contribution is 2.32. The molecule has 1 heterocycles. The van der Waals surface area contributed by atoms with E-state index in [4.69, 9.17) is 0 Å². The van der Waals surface area contributed by atoms with Crippen molar-refractivity contribution < 1.29 is 13.2 Å². The average Bonchev–Trinajstić information content (AvgIpc) is 2.73. The molecule has 0 spiro atoms. The molecule has 0 saturated carbocycles. The first kappa shape index (κ1) is 19.2. The molecule has 1 aliphatic heterocycles. The number of rotatable bonds is 4. The fourth-order valence-corrected chi connectivity index (χ4v) is 4.60. The van der Waals surface area contributed by atoms with Crippen LogP contribution in [0.5, 0.6) is 0 Å². The van der Waals surface area contributed by atoms with E-state index < -0.39 is 10.0 Å². The number of carbonyl (C=O) groups excluding carboxylic acids is 1. The van der Waals surface area contributed by atoms with Crippen LogP contribution in [0.25, 0.3) is 11.1 Å². The van der Waals surface area contributed by atoms with E-state index in [1.165, 1.54) is 10.6 Å². The van der Waals surface area contributed by atoms with Crippen LogP contribution < -0.4 is 9.62 Å². The molecule has 1 N–H and O–H groups in total. The molecular weight excluding hydrogens is 384 g/mol. The van der Waals surface area contributed by atoms with Gasteiger partial charge in [-0.1, -0.05) is 48.5 Å². The van der Waals surface area contributed by atoms with Crippen LogP contribution in [-0.2, 0) is 16.4 Å². The second kappa shape index (κ2) is 7.72. The molecule has 5 nitrogen and oxygen atoms in total. The number of amides is 1. The number of hydrogen-bond donors (Lipinski definition) is 1. The maximum Gasteiger partial charge on any atom is 0.255 e. The summed E-state index contributed by atoms with van der Waals surface area (Å²) in [6.45, 7) is 0.462. The molecule has 0 atom stereocenters.